The molecule has 9 rings (SSSR count). The van der Waals surface area contributed by atoms with Crippen LogP contribution in [-0.4, -0.2) is 87.0 Å². The van der Waals surface area contributed by atoms with Crippen LogP contribution >= 0.6 is 0 Å². The van der Waals surface area contributed by atoms with E-state index in [-0.39, 0.29) is 50.8 Å². The predicted molar refractivity (Wildman–Crippen MR) is 122 cm³/mol. The number of hydrogen-bond donors (Lipinski definition) is 4. The number of aliphatic hydroxyl groups excluding tert-OH is 2. The third-order valence-electron chi connectivity index (χ3n) is 6.27. The van der Waals surface area contributed by atoms with Gasteiger partial charge in [0.1, 0.15) is 11.1 Å². The Bertz CT molecular complexity index is 987. The third-order valence-corrected chi connectivity index (χ3v) is 6.27. The van der Waals surface area contributed by atoms with Gasteiger partial charge < -0.3 is 39.5 Å². The molecule has 2 saturated heterocycles. The van der Waals surface area contributed by atoms with Crippen LogP contribution in [0.1, 0.15) is 20.7 Å². The summed E-state index contributed by atoms with van der Waals surface area (Å²) in [6.07, 6.45) is 0. The van der Waals surface area contributed by atoms with Crippen molar-refractivity contribution in [2.75, 3.05) is 39.6 Å². The molecule has 7 aliphatic rings. The molecule has 2 aromatic rings. The molecule has 7 heterocycles. The number of aliphatic hydroxyl groups is 2. The summed E-state index contributed by atoms with van der Waals surface area (Å²) < 4.78 is 23.4. The molecule has 0 radical (unpaired) electrons. The molecule has 0 unspecified atom stereocenters. The van der Waals surface area contributed by atoms with Gasteiger partial charge in [0.25, 0.3) is 11.8 Å². The first-order valence-electron chi connectivity index (χ1n) is 11.0. The van der Waals surface area contributed by atoms with E-state index in [0.717, 1.165) is 10.9 Å². The molecule has 4 N–H and O–H groups in total. The number of rotatable bonds is 2. The van der Waals surface area contributed by atoms with Crippen LogP contribution in [-0.2, 0) is 18.6 Å². The summed E-state index contributed by atoms with van der Waals surface area (Å²) in [5.41, 5.74) is -0.275. The van der Waals surface area contributed by atoms with E-state index in [0.29, 0.717) is 0 Å². The van der Waals surface area contributed by atoms with Gasteiger partial charge in [0.05, 0.1) is 39.6 Å². The van der Waals surface area contributed by atoms with E-state index in [9.17, 15) is 19.8 Å². The quantitative estimate of drug-likeness (QED) is 0.367. The molecule has 10 nitrogen and oxygen atoms in total. The lowest BCUT2D eigenvalue weighted by atomic mass is 9.72. The van der Waals surface area contributed by atoms with Crippen molar-refractivity contribution in [1.82, 2.24) is 10.6 Å². The maximum absolute atomic E-state index is 13.0. The second-order valence-corrected chi connectivity index (χ2v) is 8.94. The SMILES string of the molecule is O=C1NC2(CO)COB(OC2)c2ccc(cc2)B2OCC(CO)(CO2)NC(=O)c2cccc1c2. The third kappa shape index (κ3) is 4.36. The average Bonchev–Trinajstić information content (AvgIpc) is 2.89. The highest BCUT2D eigenvalue weighted by molar-refractivity contribution is 6.63. The predicted octanol–water partition coefficient (Wildman–Crippen LogP) is -2.19. The summed E-state index contributed by atoms with van der Waals surface area (Å²) in [4.78, 5) is 25.9. The molecule has 2 aromatic carbocycles. The Balaban J connectivity index is 1.49. The Morgan fingerprint density at radius 1 is 0.706 bits per heavy atom. The molecule has 7 aliphatic heterocycles. The minimum Gasteiger partial charge on any atom is -0.405 e. The van der Waals surface area contributed by atoms with E-state index in [1.54, 1.807) is 18.2 Å². The smallest absolute Gasteiger partial charge is 0.405 e. The number of amides is 2. The fraction of sp³-hybridized carbons (Fsp3) is 0.364. The van der Waals surface area contributed by atoms with E-state index in [2.05, 4.69) is 10.6 Å². The highest BCUT2D eigenvalue weighted by Crippen LogP contribution is 2.18. The standard InChI is InChI=1S/C22H24B2N2O8/c27-9-21-11-31-23(32-12-21)17-4-6-18(7-5-17)24-33-13-22(10-28,14-34-24)26-20(30)16-3-1-2-15(8-16)19(29)25-21/h1-8,27-28H,9-14H2,(H,25,29)(H,26,30). The normalized spacial score (nSPS) is 27.1. The Kier molecular flexibility index (Phi) is 6.19. The molecule has 0 saturated carbocycles. The zero-order valence-electron chi connectivity index (χ0n) is 18.4. The molecular formula is C22H24B2N2O8. The van der Waals surface area contributed by atoms with Gasteiger partial charge in [-0.25, -0.2) is 0 Å². The monoisotopic (exact) mass is 466 g/mol. The molecule has 8 bridgehead atoms. The van der Waals surface area contributed by atoms with Crippen molar-refractivity contribution in [3.8, 4) is 0 Å². The number of carbonyl (C=O) groups excluding carboxylic acids is 2. The summed E-state index contributed by atoms with van der Waals surface area (Å²) in [6, 6.07) is 13.5. The van der Waals surface area contributed by atoms with Crippen molar-refractivity contribution in [3.05, 3.63) is 59.7 Å². The first-order valence-corrected chi connectivity index (χ1v) is 11.0. The van der Waals surface area contributed by atoms with E-state index in [1.165, 1.54) is 6.07 Å². The molecule has 0 aliphatic carbocycles. The zero-order chi connectivity index (χ0) is 23.8. The van der Waals surface area contributed by atoms with Gasteiger partial charge in [-0.2, -0.15) is 0 Å². The number of nitrogens with one attached hydrogen (secondary N) is 2. The maximum atomic E-state index is 13.0. The van der Waals surface area contributed by atoms with Crippen LogP contribution in [0, 0.1) is 0 Å². The molecule has 34 heavy (non-hydrogen) atoms. The fourth-order valence-electron chi connectivity index (χ4n) is 4.15. The Morgan fingerprint density at radius 2 is 1.09 bits per heavy atom. The van der Waals surface area contributed by atoms with Gasteiger partial charge in [-0.05, 0) is 29.1 Å². The largest absolute Gasteiger partial charge is 0.494 e. The first-order chi connectivity index (χ1) is 16.4. The van der Waals surface area contributed by atoms with Crippen LogP contribution in [0.25, 0.3) is 0 Å². The summed E-state index contributed by atoms with van der Waals surface area (Å²) in [7, 11) is -1.32. The highest BCUT2D eigenvalue weighted by atomic mass is 16.6. The van der Waals surface area contributed by atoms with Gasteiger partial charge in [0.15, 0.2) is 0 Å². The molecule has 2 fully saturated rings. The maximum Gasteiger partial charge on any atom is 0.494 e. The minimum absolute atomic E-state index is 0.0374. The summed E-state index contributed by atoms with van der Waals surface area (Å²) in [5, 5.41) is 25.6. The van der Waals surface area contributed by atoms with Gasteiger partial charge >= 0.3 is 14.2 Å². The molecular weight excluding hydrogens is 442 g/mol. The number of benzene rings is 2. The van der Waals surface area contributed by atoms with Crippen molar-refractivity contribution in [3.63, 3.8) is 0 Å². The van der Waals surface area contributed by atoms with Gasteiger partial charge in [-0.1, -0.05) is 30.3 Å². The van der Waals surface area contributed by atoms with Crippen LogP contribution in [0.5, 0.6) is 0 Å². The number of fused-ring (bicyclic) bond motifs is 1. The average molecular weight is 466 g/mol. The van der Waals surface area contributed by atoms with Crippen molar-refractivity contribution in [1.29, 1.82) is 0 Å². The fourth-order valence-corrected chi connectivity index (χ4v) is 4.15. The zero-order valence-corrected chi connectivity index (χ0v) is 18.4. The molecule has 0 atom stereocenters. The first kappa shape index (κ1) is 23.0. The minimum atomic E-state index is -1.13. The summed E-state index contributed by atoms with van der Waals surface area (Å²) in [5.74, 6) is -0.971. The van der Waals surface area contributed by atoms with Crippen LogP contribution in [0.2, 0.25) is 0 Å². The van der Waals surface area contributed by atoms with Crippen molar-refractivity contribution in [2.45, 2.75) is 11.1 Å². The van der Waals surface area contributed by atoms with E-state index in [4.69, 9.17) is 18.6 Å². The van der Waals surface area contributed by atoms with Gasteiger partial charge in [0.2, 0.25) is 0 Å². The van der Waals surface area contributed by atoms with Crippen molar-refractivity contribution in [2.24, 2.45) is 0 Å². The Labute approximate surface area is 196 Å². The molecule has 2 amide bonds. The molecule has 176 valence electrons. The van der Waals surface area contributed by atoms with Crippen LogP contribution in [0.4, 0.5) is 0 Å². The van der Waals surface area contributed by atoms with Crippen LogP contribution in [0.15, 0.2) is 48.5 Å². The van der Waals surface area contributed by atoms with E-state index < -0.39 is 37.1 Å². The lowest BCUT2D eigenvalue weighted by Crippen LogP contribution is -2.64. The highest BCUT2D eigenvalue weighted by Gasteiger charge is 2.43. The molecule has 0 spiro atoms. The van der Waals surface area contributed by atoms with Gasteiger partial charge in [-0.15, -0.1) is 0 Å². The number of hydrogen-bond acceptors (Lipinski definition) is 8. The Morgan fingerprint density at radius 3 is 1.44 bits per heavy atom. The lowest BCUT2D eigenvalue weighted by molar-refractivity contribution is 0.00808. The van der Waals surface area contributed by atoms with Crippen molar-refractivity contribution >= 4 is 37.0 Å². The molecule has 0 aromatic heterocycles. The van der Waals surface area contributed by atoms with Gasteiger partial charge in [0, 0.05) is 11.1 Å². The topological polar surface area (TPSA) is 136 Å². The number of carbonyl (C=O) groups is 2. The summed E-state index contributed by atoms with van der Waals surface area (Å²) in [6.45, 7) is -0.628. The second-order valence-electron chi connectivity index (χ2n) is 8.94. The summed E-state index contributed by atoms with van der Waals surface area (Å²) >= 11 is 0. The lowest BCUT2D eigenvalue weighted by Gasteiger charge is -2.38. The Hall–Kier alpha value is -2.73. The van der Waals surface area contributed by atoms with E-state index in [1.807, 2.05) is 24.3 Å². The van der Waals surface area contributed by atoms with Crippen LogP contribution < -0.4 is 21.6 Å². The van der Waals surface area contributed by atoms with Gasteiger partial charge in [-0.3, -0.25) is 9.59 Å². The van der Waals surface area contributed by atoms with E-state index >= 15 is 0 Å². The molecule has 12 heteroatoms. The van der Waals surface area contributed by atoms with Crippen LogP contribution in [0.3, 0.4) is 0 Å². The van der Waals surface area contributed by atoms with Crippen molar-refractivity contribution < 1.29 is 38.4 Å². The second kappa shape index (κ2) is 9.14.